The van der Waals surface area contributed by atoms with Crippen LogP contribution in [0.15, 0.2) is 79.0 Å². The van der Waals surface area contributed by atoms with Crippen molar-refractivity contribution in [2.75, 3.05) is 7.11 Å². The monoisotopic (exact) mass is 398 g/mol. The molecule has 6 heteroatoms. The van der Waals surface area contributed by atoms with E-state index in [0.717, 1.165) is 28.3 Å². The lowest BCUT2D eigenvalue weighted by Crippen LogP contribution is -2.25. The van der Waals surface area contributed by atoms with E-state index >= 15 is 0 Å². The molecule has 0 aliphatic heterocycles. The number of aryl methyl sites for hydroxylation is 1. The van der Waals surface area contributed by atoms with E-state index in [4.69, 9.17) is 9.84 Å². The third-order valence-electron chi connectivity index (χ3n) is 4.74. The molecule has 150 valence electrons. The first kappa shape index (κ1) is 19.4. The largest absolute Gasteiger partial charge is 0.497 e. The molecule has 2 aromatic carbocycles. The molecule has 2 aromatic heterocycles. The number of carbonyl (C=O) groups excluding carboxylic acids is 1. The van der Waals surface area contributed by atoms with Gasteiger partial charge < -0.3 is 10.1 Å². The van der Waals surface area contributed by atoms with E-state index in [-0.39, 0.29) is 5.91 Å². The van der Waals surface area contributed by atoms with E-state index < -0.39 is 0 Å². The zero-order valence-electron chi connectivity index (χ0n) is 16.9. The Kier molecular flexibility index (Phi) is 5.57. The Morgan fingerprint density at radius 2 is 1.87 bits per heavy atom. The SMILES string of the molecule is COc1cccc(-c2cc(C(=O)NCc3ccccn3)n(-c3ccc(C)cc3)n2)c1. The molecular weight excluding hydrogens is 376 g/mol. The van der Waals surface area contributed by atoms with Gasteiger partial charge in [-0.05, 0) is 49.4 Å². The molecule has 1 amide bonds. The van der Waals surface area contributed by atoms with Crippen molar-refractivity contribution in [2.24, 2.45) is 0 Å². The molecular formula is C24H22N4O2. The summed E-state index contributed by atoms with van der Waals surface area (Å²) in [5.41, 5.74) is 4.77. The van der Waals surface area contributed by atoms with Crippen LogP contribution >= 0.6 is 0 Å². The number of hydrogen-bond donors (Lipinski definition) is 1. The van der Waals surface area contributed by atoms with Crippen LogP contribution in [0.4, 0.5) is 0 Å². The van der Waals surface area contributed by atoms with Crippen LogP contribution in [0.25, 0.3) is 16.9 Å². The quantitative estimate of drug-likeness (QED) is 0.529. The van der Waals surface area contributed by atoms with Gasteiger partial charge in [-0.15, -0.1) is 0 Å². The van der Waals surface area contributed by atoms with E-state index in [1.165, 1.54) is 0 Å². The number of nitrogens with one attached hydrogen (secondary N) is 1. The molecule has 4 rings (SSSR count). The minimum Gasteiger partial charge on any atom is -0.497 e. The minimum absolute atomic E-state index is 0.220. The second-order valence-corrected chi connectivity index (χ2v) is 6.90. The van der Waals surface area contributed by atoms with Crippen LogP contribution in [0.5, 0.6) is 5.75 Å². The van der Waals surface area contributed by atoms with Crippen molar-refractivity contribution in [3.05, 3.63) is 95.9 Å². The molecule has 0 bridgehead atoms. The van der Waals surface area contributed by atoms with E-state index in [9.17, 15) is 4.79 Å². The first-order valence-electron chi connectivity index (χ1n) is 9.63. The maximum Gasteiger partial charge on any atom is 0.270 e. The molecule has 0 spiro atoms. The van der Waals surface area contributed by atoms with Gasteiger partial charge in [-0.2, -0.15) is 5.10 Å². The molecule has 0 radical (unpaired) electrons. The summed E-state index contributed by atoms with van der Waals surface area (Å²) >= 11 is 0. The van der Waals surface area contributed by atoms with Crippen molar-refractivity contribution in [2.45, 2.75) is 13.5 Å². The lowest BCUT2D eigenvalue weighted by atomic mass is 10.1. The number of benzene rings is 2. The van der Waals surface area contributed by atoms with Gasteiger partial charge in [0, 0.05) is 11.8 Å². The highest BCUT2D eigenvalue weighted by molar-refractivity contribution is 5.94. The van der Waals surface area contributed by atoms with Gasteiger partial charge in [0.2, 0.25) is 0 Å². The van der Waals surface area contributed by atoms with Crippen LogP contribution in [-0.4, -0.2) is 27.8 Å². The fourth-order valence-corrected chi connectivity index (χ4v) is 3.11. The Morgan fingerprint density at radius 1 is 1.03 bits per heavy atom. The Morgan fingerprint density at radius 3 is 2.60 bits per heavy atom. The standard InChI is InChI=1S/C24H22N4O2/c1-17-9-11-20(12-10-17)28-23(24(29)26-16-19-7-3-4-13-25-19)15-22(27-28)18-6-5-8-21(14-18)30-2/h3-15H,16H2,1-2H3,(H,26,29). The molecule has 30 heavy (non-hydrogen) atoms. The Hall–Kier alpha value is -3.93. The molecule has 0 aliphatic carbocycles. The van der Waals surface area contributed by atoms with Gasteiger partial charge in [-0.1, -0.05) is 35.9 Å². The smallest absolute Gasteiger partial charge is 0.270 e. The van der Waals surface area contributed by atoms with Gasteiger partial charge in [-0.25, -0.2) is 4.68 Å². The molecule has 0 fully saturated rings. The lowest BCUT2D eigenvalue weighted by Gasteiger charge is -2.08. The van der Waals surface area contributed by atoms with Crippen molar-refractivity contribution >= 4 is 5.91 Å². The highest BCUT2D eigenvalue weighted by Crippen LogP contribution is 2.25. The number of ether oxygens (including phenoxy) is 1. The first-order chi connectivity index (χ1) is 14.6. The van der Waals surface area contributed by atoms with Gasteiger partial charge in [-0.3, -0.25) is 9.78 Å². The number of methoxy groups -OCH3 is 1. The highest BCUT2D eigenvalue weighted by Gasteiger charge is 2.18. The highest BCUT2D eigenvalue weighted by atomic mass is 16.5. The summed E-state index contributed by atoms with van der Waals surface area (Å²) in [5, 5.41) is 7.65. The van der Waals surface area contributed by atoms with Gasteiger partial charge in [0.1, 0.15) is 11.4 Å². The molecule has 0 aliphatic rings. The number of hydrogen-bond acceptors (Lipinski definition) is 4. The average molecular weight is 398 g/mol. The van der Waals surface area contributed by atoms with E-state index in [0.29, 0.717) is 17.9 Å². The number of nitrogens with zero attached hydrogens (tertiary/aromatic N) is 3. The summed E-state index contributed by atoms with van der Waals surface area (Å²) in [4.78, 5) is 17.3. The molecule has 0 unspecified atom stereocenters. The topological polar surface area (TPSA) is 69.0 Å². The lowest BCUT2D eigenvalue weighted by molar-refractivity contribution is 0.0942. The molecule has 0 saturated carbocycles. The van der Waals surface area contributed by atoms with Crippen molar-refractivity contribution < 1.29 is 9.53 Å². The number of rotatable bonds is 6. The summed E-state index contributed by atoms with van der Waals surface area (Å²) in [6.07, 6.45) is 1.71. The minimum atomic E-state index is -0.220. The van der Waals surface area contributed by atoms with E-state index in [1.54, 1.807) is 24.1 Å². The van der Waals surface area contributed by atoms with Gasteiger partial charge in [0.25, 0.3) is 5.91 Å². The van der Waals surface area contributed by atoms with E-state index in [1.807, 2.05) is 73.7 Å². The molecule has 1 N–H and O–H groups in total. The zero-order valence-corrected chi connectivity index (χ0v) is 16.9. The third kappa shape index (κ3) is 4.22. The summed E-state index contributed by atoms with van der Waals surface area (Å²) in [7, 11) is 1.63. The van der Waals surface area contributed by atoms with Gasteiger partial charge in [0.05, 0.1) is 30.7 Å². The van der Waals surface area contributed by atoms with Crippen LogP contribution in [0.1, 0.15) is 21.7 Å². The third-order valence-corrected chi connectivity index (χ3v) is 4.74. The number of carbonyl (C=O) groups is 1. The van der Waals surface area contributed by atoms with Crippen molar-refractivity contribution in [3.63, 3.8) is 0 Å². The molecule has 0 atom stereocenters. The first-order valence-corrected chi connectivity index (χ1v) is 9.63. The van der Waals surface area contributed by atoms with Crippen LogP contribution in [0.2, 0.25) is 0 Å². The van der Waals surface area contributed by atoms with Crippen LogP contribution in [0.3, 0.4) is 0 Å². The van der Waals surface area contributed by atoms with Gasteiger partial charge in [0.15, 0.2) is 0 Å². The number of pyridine rings is 1. The second-order valence-electron chi connectivity index (χ2n) is 6.90. The molecule has 6 nitrogen and oxygen atoms in total. The normalized spacial score (nSPS) is 10.6. The van der Waals surface area contributed by atoms with Crippen molar-refractivity contribution in [3.8, 4) is 22.7 Å². The molecule has 4 aromatic rings. The van der Waals surface area contributed by atoms with Gasteiger partial charge >= 0.3 is 0 Å². The summed E-state index contributed by atoms with van der Waals surface area (Å²) in [6, 6.07) is 22.9. The van der Waals surface area contributed by atoms with Crippen molar-refractivity contribution in [1.82, 2.24) is 20.1 Å². The Bertz CT molecular complexity index is 1150. The van der Waals surface area contributed by atoms with Crippen LogP contribution in [0, 0.1) is 6.92 Å². The Labute approximate surface area is 175 Å². The molecule has 0 saturated heterocycles. The summed E-state index contributed by atoms with van der Waals surface area (Å²) in [5.74, 6) is 0.515. The summed E-state index contributed by atoms with van der Waals surface area (Å²) < 4.78 is 6.99. The Balaban J connectivity index is 1.70. The zero-order chi connectivity index (χ0) is 20.9. The van der Waals surface area contributed by atoms with E-state index in [2.05, 4.69) is 10.3 Å². The maximum absolute atomic E-state index is 13.0. The number of amides is 1. The number of aromatic nitrogens is 3. The van der Waals surface area contributed by atoms with Crippen molar-refractivity contribution in [1.29, 1.82) is 0 Å². The fourth-order valence-electron chi connectivity index (χ4n) is 3.11. The van der Waals surface area contributed by atoms with Crippen LogP contribution in [-0.2, 0) is 6.54 Å². The molecule has 2 heterocycles. The summed E-state index contributed by atoms with van der Waals surface area (Å²) in [6.45, 7) is 2.36. The predicted octanol–water partition coefficient (Wildman–Crippen LogP) is 4.18. The maximum atomic E-state index is 13.0. The average Bonchev–Trinajstić information content (AvgIpc) is 3.24. The van der Waals surface area contributed by atoms with Crippen LogP contribution < -0.4 is 10.1 Å². The second kappa shape index (κ2) is 8.61. The fraction of sp³-hybridized carbons (Fsp3) is 0.125. The predicted molar refractivity (Wildman–Crippen MR) is 116 cm³/mol.